The van der Waals surface area contributed by atoms with Gasteiger partial charge in [-0.05, 0) is 32.0 Å². The lowest BCUT2D eigenvalue weighted by molar-refractivity contribution is -0.385. The Hall–Kier alpha value is -2.03. The number of benzene rings is 1. The van der Waals surface area contributed by atoms with Crippen LogP contribution in [0.5, 0.6) is 0 Å². The van der Waals surface area contributed by atoms with Gasteiger partial charge in [-0.15, -0.1) is 0 Å². The summed E-state index contributed by atoms with van der Waals surface area (Å²) in [5.41, 5.74) is 0.403. The minimum Gasteiger partial charge on any atom is -0.260 e. The number of sulfonamides is 1. The van der Waals surface area contributed by atoms with Gasteiger partial charge < -0.3 is 0 Å². The number of hydrogen-bond donors (Lipinski definition) is 1. The highest BCUT2D eigenvalue weighted by atomic mass is 35.5. The second-order valence-electron chi connectivity index (χ2n) is 4.90. The van der Waals surface area contributed by atoms with Gasteiger partial charge in [0.05, 0.1) is 26.6 Å². The van der Waals surface area contributed by atoms with E-state index in [-0.39, 0.29) is 21.2 Å². The van der Waals surface area contributed by atoms with E-state index in [1.54, 1.807) is 31.3 Å². The standard InChI is InChI=1S/C14H14ClN3O4S/c1-9-12(15)7-11(8-14(9)18(19)20)23(21,22)17-10(2)13-5-3-4-6-16-13/h3-8,10,17H,1-2H3/t10-/m1/s1. The number of hydrogen-bond acceptors (Lipinski definition) is 5. The summed E-state index contributed by atoms with van der Waals surface area (Å²) < 4.78 is 27.3. The number of nitrogens with zero attached hydrogens (tertiary/aromatic N) is 2. The van der Waals surface area contributed by atoms with Crippen LogP contribution >= 0.6 is 11.6 Å². The molecule has 2 aromatic rings. The molecule has 23 heavy (non-hydrogen) atoms. The van der Waals surface area contributed by atoms with Crippen LogP contribution in [0.15, 0.2) is 41.4 Å². The Kier molecular flexibility index (Phi) is 4.98. The van der Waals surface area contributed by atoms with Crippen LogP contribution in [0, 0.1) is 17.0 Å². The van der Waals surface area contributed by atoms with Gasteiger partial charge in [0.1, 0.15) is 0 Å². The first kappa shape index (κ1) is 17.3. The molecule has 0 amide bonds. The SMILES string of the molecule is Cc1c(Cl)cc(S(=O)(=O)N[C@H](C)c2ccccn2)cc1[N+](=O)[O-]. The molecule has 1 heterocycles. The fourth-order valence-corrected chi connectivity index (χ4v) is 3.52. The van der Waals surface area contributed by atoms with Gasteiger partial charge in [-0.3, -0.25) is 15.1 Å². The fraction of sp³-hybridized carbons (Fsp3) is 0.214. The second kappa shape index (κ2) is 6.61. The molecule has 0 saturated carbocycles. The average molecular weight is 356 g/mol. The molecule has 7 nitrogen and oxygen atoms in total. The Bertz CT molecular complexity index is 841. The summed E-state index contributed by atoms with van der Waals surface area (Å²) in [5, 5.41) is 11.0. The van der Waals surface area contributed by atoms with Gasteiger partial charge in [-0.1, -0.05) is 17.7 Å². The van der Waals surface area contributed by atoms with E-state index in [0.717, 1.165) is 6.07 Å². The Balaban J connectivity index is 2.39. The van der Waals surface area contributed by atoms with Crippen molar-refractivity contribution >= 4 is 27.3 Å². The van der Waals surface area contributed by atoms with Crippen molar-refractivity contribution in [2.24, 2.45) is 0 Å². The summed E-state index contributed by atoms with van der Waals surface area (Å²) in [4.78, 5) is 14.2. The van der Waals surface area contributed by atoms with Gasteiger partial charge in [-0.2, -0.15) is 0 Å². The normalized spacial score (nSPS) is 12.8. The van der Waals surface area contributed by atoms with E-state index in [1.165, 1.54) is 13.0 Å². The molecule has 0 bridgehead atoms. The lowest BCUT2D eigenvalue weighted by Gasteiger charge is -2.14. The highest BCUT2D eigenvalue weighted by Crippen LogP contribution is 2.30. The van der Waals surface area contributed by atoms with Crippen LogP contribution in [0.4, 0.5) is 5.69 Å². The van der Waals surface area contributed by atoms with Crippen LogP contribution in [-0.4, -0.2) is 18.3 Å². The summed E-state index contributed by atoms with van der Waals surface area (Å²) >= 11 is 5.91. The Morgan fingerprint density at radius 2 is 2.04 bits per heavy atom. The van der Waals surface area contributed by atoms with Gasteiger partial charge in [0, 0.05) is 17.8 Å². The minimum absolute atomic E-state index is 0.0186. The minimum atomic E-state index is -3.98. The van der Waals surface area contributed by atoms with Gasteiger partial charge in [0.2, 0.25) is 10.0 Å². The molecule has 0 aliphatic rings. The number of rotatable bonds is 5. The van der Waals surface area contributed by atoms with Crippen molar-refractivity contribution in [3.63, 3.8) is 0 Å². The highest BCUT2D eigenvalue weighted by Gasteiger charge is 2.24. The first-order valence-corrected chi connectivity index (χ1v) is 8.46. The number of pyridine rings is 1. The summed E-state index contributed by atoms with van der Waals surface area (Å²) in [6.45, 7) is 3.09. The fourth-order valence-electron chi connectivity index (χ4n) is 1.98. The smallest absolute Gasteiger partial charge is 0.260 e. The molecule has 0 saturated heterocycles. The van der Waals surface area contributed by atoms with E-state index < -0.39 is 21.0 Å². The van der Waals surface area contributed by atoms with Gasteiger partial charge >= 0.3 is 0 Å². The molecular weight excluding hydrogens is 342 g/mol. The van der Waals surface area contributed by atoms with E-state index in [9.17, 15) is 18.5 Å². The Morgan fingerprint density at radius 3 is 2.61 bits per heavy atom. The predicted octanol–water partition coefficient (Wildman–Crippen LogP) is 2.99. The molecule has 0 unspecified atom stereocenters. The first-order chi connectivity index (χ1) is 10.7. The molecule has 122 valence electrons. The van der Waals surface area contributed by atoms with Crippen LogP contribution in [0.3, 0.4) is 0 Å². The van der Waals surface area contributed by atoms with Crippen LogP contribution in [-0.2, 0) is 10.0 Å². The number of nitro benzene ring substituents is 1. The molecule has 0 spiro atoms. The van der Waals surface area contributed by atoms with Crippen molar-refractivity contribution in [1.29, 1.82) is 0 Å². The zero-order valence-corrected chi connectivity index (χ0v) is 13.9. The van der Waals surface area contributed by atoms with Crippen LogP contribution < -0.4 is 4.72 Å². The molecule has 1 aromatic heterocycles. The summed E-state index contributed by atoms with van der Waals surface area (Å²) in [5.74, 6) is 0. The van der Waals surface area contributed by atoms with Gasteiger partial charge in [-0.25, -0.2) is 13.1 Å². The Labute approximate surface area is 138 Å². The largest absolute Gasteiger partial charge is 0.275 e. The molecule has 1 N–H and O–H groups in total. The predicted molar refractivity (Wildman–Crippen MR) is 85.8 cm³/mol. The molecule has 0 radical (unpaired) electrons. The third kappa shape index (κ3) is 3.84. The van der Waals surface area contributed by atoms with E-state index in [4.69, 9.17) is 11.6 Å². The van der Waals surface area contributed by atoms with E-state index in [1.807, 2.05) is 0 Å². The molecule has 1 atom stereocenters. The van der Waals surface area contributed by atoms with Crippen molar-refractivity contribution in [2.45, 2.75) is 24.8 Å². The summed E-state index contributed by atoms with van der Waals surface area (Å²) in [6, 6.07) is 6.72. The average Bonchev–Trinajstić information content (AvgIpc) is 2.49. The third-order valence-electron chi connectivity index (χ3n) is 3.26. The summed E-state index contributed by atoms with van der Waals surface area (Å²) in [6.07, 6.45) is 1.55. The molecule has 0 fully saturated rings. The molecule has 0 aliphatic heterocycles. The molecular formula is C14H14ClN3O4S. The second-order valence-corrected chi connectivity index (χ2v) is 7.03. The van der Waals surface area contributed by atoms with Crippen molar-refractivity contribution in [2.75, 3.05) is 0 Å². The van der Waals surface area contributed by atoms with Crippen LogP contribution in [0.1, 0.15) is 24.2 Å². The molecule has 2 rings (SSSR count). The lowest BCUT2D eigenvalue weighted by Crippen LogP contribution is -2.27. The number of aromatic nitrogens is 1. The molecule has 0 aliphatic carbocycles. The van der Waals surface area contributed by atoms with Crippen molar-refractivity contribution < 1.29 is 13.3 Å². The number of nitro groups is 1. The maximum absolute atomic E-state index is 12.4. The Morgan fingerprint density at radius 1 is 1.35 bits per heavy atom. The summed E-state index contributed by atoms with van der Waals surface area (Å²) in [7, 11) is -3.98. The van der Waals surface area contributed by atoms with Crippen molar-refractivity contribution in [3.05, 3.63) is 62.9 Å². The number of halogens is 1. The third-order valence-corrected chi connectivity index (χ3v) is 5.17. The van der Waals surface area contributed by atoms with Crippen LogP contribution in [0.25, 0.3) is 0 Å². The van der Waals surface area contributed by atoms with Gasteiger partial charge in [0.25, 0.3) is 5.69 Å². The number of nitrogens with one attached hydrogen (secondary N) is 1. The quantitative estimate of drug-likeness (QED) is 0.656. The maximum Gasteiger partial charge on any atom is 0.275 e. The van der Waals surface area contributed by atoms with Crippen molar-refractivity contribution in [1.82, 2.24) is 9.71 Å². The zero-order valence-electron chi connectivity index (χ0n) is 12.4. The maximum atomic E-state index is 12.4. The van der Waals surface area contributed by atoms with E-state index >= 15 is 0 Å². The van der Waals surface area contributed by atoms with E-state index in [2.05, 4.69) is 9.71 Å². The first-order valence-electron chi connectivity index (χ1n) is 6.60. The molecule has 1 aromatic carbocycles. The zero-order chi connectivity index (χ0) is 17.2. The monoisotopic (exact) mass is 355 g/mol. The van der Waals surface area contributed by atoms with Gasteiger partial charge in [0.15, 0.2) is 0 Å². The van der Waals surface area contributed by atoms with Crippen molar-refractivity contribution in [3.8, 4) is 0 Å². The lowest BCUT2D eigenvalue weighted by atomic mass is 10.2. The highest BCUT2D eigenvalue weighted by molar-refractivity contribution is 7.89. The molecule has 9 heteroatoms. The van der Waals surface area contributed by atoms with E-state index in [0.29, 0.717) is 5.69 Å². The van der Waals surface area contributed by atoms with Crippen LogP contribution in [0.2, 0.25) is 5.02 Å². The topological polar surface area (TPSA) is 102 Å².